The lowest BCUT2D eigenvalue weighted by molar-refractivity contribution is 0.405. The van der Waals surface area contributed by atoms with E-state index in [1.165, 1.54) is 14.2 Å². The standard InChI is InChI=1S/C26H24Cl2N2O4S/c1-33-15-9-12-24(34-2)23(13-15)30-35(31,32)16-10-11-22-19(14-16)17-5-3-6-18(17)26(29-22)25-20(27)7-4-8-21(25)28/h3-5,7-14,17-18,26,29-30H,6H2,1-2H3/t17-,18+,26-/m0/s1. The van der Waals surface area contributed by atoms with Gasteiger partial charge in [-0.2, -0.15) is 0 Å². The molecule has 0 unspecified atom stereocenters. The highest BCUT2D eigenvalue weighted by atomic mass is 35.5. The molecule has 9 heteroatoms. The Morgan fingerprint density at radius 2 is 1.77 bits per heavy atom. The van der Waals surface area contributed by atoms with Gasteiger partial charge in [0.1, 0.15) is 11.5 Å². The summed E-state index contributed by atoms with van der Waals surface area (Å²) in [7, 11) is -0.888. The number of halogens is 2. The zero-order valence-electron chi connectivity index (χ0n) is 19.1. The minimum absolute atomic E-state index is 0.0325. The number of hydrogen-bond donors (Lipinski definition) is 2. The minimum Gasteiger partial charge on any atom is -0.497 e. The van der Waals surface area contributed by atoms with Crippen LogP contribution in [-0.2, 0) is 10.0 Å². The number of fused-ring (bicyclic) bond motifs is 3. The summed E-state index contributed by atoms with van der Waals surface area (Å²) in [4.78, 5) is 0.163. The average Bonchev–Trinajstić information content (AvgIpc) is 3.34. The maximum Gasteiger partial charge on any atom is 0.262 e. The number of nitrogens with one attached hydrogen (secondary N) is 2. The molecule has 0 saturated heterocycles. The molecule has 35 heavy (non-hydrogen) atoms. The number of rotatable bonds is 6. The fourth-order valence-electron chi connectivity index (χ4n) is 4.93. The van der Waals surface area contributed by atoms with Gasteiger partial charge in [0.25, 0.3) is 10.0 Å². The fourth-order valence-corrected chi connectivity index (χ4v) is 6.66. The molecule has 0 radical (unpaired) electrons. The van der Waals surface area contributed by atoms with E-state index in [1.807, 2.05) is 18.2 Å². The number of anilines is 2. The van der Waals surface area contributed by atoms with Crippen molar-refractivity contribution in [3.8, 4) is 11.5 Å². The Morgan fingerprint density at radius 3 is 2.49 bits per heavy atom. The zero-order chi connectivity index (χ0) is 24.7. The third kappa shape index (κ3) is 4.33. The van der Waals surface area contributed by atoms with Crippen LogP contribution >= 0.6 is 23.2 Å². The molecule has 1 heterocycles. The van der Waals surface area contributed by atoms with Gasteiger partial charge < -0.3 is 14.8 Å². The molecule has 3 atom stereocenters. The second-order valence-corrected chi connectivity index (χ2v) is 11.0. The number of hydrogen-bond acceptors (Lipinski definition) is 5. The van der Waals surface area contributed by atoms with Gasteiger partial charge in [-0.1, -0.05) is 41.4 Å². The molecule has 5 rings (SSSR count). The Kier molecular flexibility index (Phi) is 6.34. The SMILES string of the molecule is COc1ccc(OC)c(NS(=O)(=O)c2ccc3c(c2)[C@H]2C=CC[C@H]2[C@@H](c2c(Cl)cccc2Cl)N3)c1. The van der Waals surface area contributed by atoms with Gasteiger partial charge in [-0.05, 0) is 60.4 Å². The normalized spacial score (nSPS) is 20.5. The van der Waals surface area contributed by atoms with Crippen molar-refractivity contribution in [3.05, 3.63) is 87.9 Å². The molecule has 0 fully saturated rings. The number of methoxy groups -OCH3 is 2. The van der Waals surface area contributed by atoms with Crippen molar-refractivity contribution < 1.29 is 17.9 Å². The summed E-state index contributed by atoms with van der Waals surface area (Å²) in [5.41, 5.74) is 2.94. The lowest BCUT2D eigenvalue weighted by Crippen LogP contribution is -2.29. The van der Waals surface area contributed by atoms with E-state index in [9.17, 15) is 8.42 Å². The molecule has 0 spiro atoms. The molecule has 0 saturated carbocycles. The van der Waals surface area contributed by atoms with Gasteiger partial charge in [0, 0.05) is 33.3 Å². The van der Waals surface area contributed by atoms with Gasteiger partial charge in [0.15, 0.2) is 0 Å². The first kappa shape index (κ1) is 23.9. The first-order valence-corrected chi connectivity index (χ1v) is 13.3. The summed E-state index contributed by atoms with van der Waals surface area (Å²) in [5.74, 6) is 1.10. The molecule has 1 aliphatic carbocycles. The van der Waals surface area contributed by atoms with E-state index in [-0.39, 0.29) is 22.8 Å². The van der Waals surface area contributed by atoms with E-state index in [1.54, 1.807) is 36.4 Å². The van der Waals surface area contributed by atoms with Crippen LogP contribution in [0.4, 0.5) is 11.4 Å². The number of benzene rings is 3. The average molecular weight is 531 g/mol. The largest absolute Gasteiger partial charge is 0.497 e. The fraction of sp³-hybridized carbons (Fsp3) is 0.231. The third-order valence-corrected chi connectivity index (χ3v) is 8.63. The summed E-state index contributed by atoms with van der Waals surface area (Å²) in [6.07, 6.45) is 5.10. The molecule has 2 aliphatic rings. The Bertz CT molecular complexity index is 1400. The van der Waals surface area contributed by atoms with E-state index in [0.717, 1.165) is 23.2 Å². The van der Waals surface area contributed by atoms with Crippen molar-refractivity contribution in [1.29, 1.82) is 0 Å². The number of sulfonamides is 1. The van der Waals surface area contributed by atoms with Crippen LogP contribution in [0.15, 0.2) is 71.6 Å². The second-order valence-electron chi connectivity index (χ2n) is 8.53. The molecule has 3 aromatic carbocycles. The highest BCUT2D eigenvalue weighted by Gasteiger charge is 2.40. The van der Waals surface area contributed by atoms with Gasteiger partial charge in [0.2, 0.25) is 0 Å². The van der Waals surface area contributed by atoms with Crippen LogP contribution in [0.2, 0.25) is 10.0 Å². The van der Waals surface area contributed by atoms with Crippen LogP contribution < -0.4 is 19.5 Å². The summed E-state index contributed by atoms with van der Waals surface area (Å²) in [5, 5.41) is 4.79. The first-order valence-electron chi connectivity index (χ1n) is 11.1. The predicted molar refractivity (Wildman–Crippen MR) is 140 cm³/mol. The second kappa shape index (κ2) is 9.30. The van der Waals surface area contributed by atoms with Crippen molar-refractivity contribution in [2.24, 2.45) is 5.92 Å². The van der Waals surface area contributed by atoms with Gasteiger partial charge in [0.05, 0.1) is 30.8 Å². The third-order valence-electron chi connectivity index (χ3n) is 6.61. The highest BCUT2D eigenvalue weighted by molar-refractivity contribution is 7.92. The summed E-state index contributed by atoms with van der Waals surface area (Å²) < 4.78 is 39.9. The van der Waals surface area contributed by atoms with Crippen LogP contribution in [0, 0.1) is 5.92 Å². The molecule has 2 N–H and O–H groups in total. The Balaban J connectivity index is 1.51. The van der Waals surface area contributed by atoms with Gasteiger partial charge in [-0.3, -0.25) is 4.72 Å². The lowest BCUT2D eigenvalue weighted by Gasteiger charge is -2.38. The molecule has 182 valence electrons. The molecule has 0 bridgehead atoms. The van der Waals surface area contributed by atoms with E-state index in [2.05, 4.69) is 22.2 Å². The van der Waals surface area contributed by atoms with E-state index in [0.29, 0.717) is 27.2 Å². The van der Waals surface area contributed by atoms with Crippen LogP contribution in [0.5, 0.6) is 11.5 Å². The van der Waals surface area contributed by atoms with Crippen LogP contribution in [-0.4, -0.2) is 22.6 Å². The van der Waals surface area contributed by atoms with Crippen LogP contribution in [0.3, 0.4) is 0 Å². The molecule has 0 amide bonds. The Hall–Kier alpha value is -2.87. The maximum absolute atomic E-state index is 13.3. The van der Waals surface area contributed by atoms with Crippen molar-refractivity contribution in [2.75, 3.05) is 24.3 Å². The van der Waals surface area contributed by atoms with Gasteiger partial charge in [-0.25, -0.2) is 8.42 Å². The lowest BCUT2D eigenvalue weighted by atomic mass is 9.77. The molecule has 0 aromatic heterocycles. The summed E-state index contributed by atoms with van der Waals surface area (Å²) in [6, 6.07) is 15.5. The Labute approximate surface area is 214 Å². The van der Waals surface area contributed by atoms with E-state index >= 15 is 0 Å². The topological polar surface area (TPSA) is 76.7 Å². The number of ether oxygens (including phenoxy) is 2. The molecule has 3 aromatic rings. The molecular weight excluding hydrogens is 507 g/mol. The van der Waals surface area contributed by atoms with Crippen molar-refractivity contribution in [1.82, 2.24) is 0 Å². The number of allylic oxidation sites excluding steroid dienone is 2. The molecule has 1 aliphatic heterocycles. The zero-order valence-corrected chi connectivity index (χ0v) is 21.4. The quantitative estimate of drug-likeness (QED) is 0.349. The predicted octanol–water partition coefficient (Wildman–Crippen LogP) is 6.64. The maximum atomic E-state index is 13.3. The van der Waals surface area contributed by atoms with Gasteiger partial charge in [-0.15, -0.1) is 0 Å². The van der Waals surface area contributed by atoms with E-state index < -0.39 is 10.0 Å². The molecular formula is C26H24Cl2N2O4S. The smallest absolute Gasteiger partial charge is 0.262 e. The highest BCUT2D eigenvalue weighted by Crippen LogP contribution is 2.52. The van der Waals surface area contributed by atoms with E-state index in [4.69, 9.17) is 32.7 Å². The van der Waals surface area contributed by atoms with Crippen LogP contribution in [0.1, 0.15) is 29.5 Å². The van der Waals surface area contributed by atoms with Crippen molar-refractivity contribution in [2.45, 2.75) is 23.3 Å². The van der Waals surface area contributed by atoms with Crippen LogP contribution in [0.25, 0.3) is 0 Å². The Morgan fingerprint density at radius 1 is 1.00 bits per heavy atom. The van der Waals surface area contributed by atoms with Crippen molar-refractivity contribution >= 4 is 44.6 Å². The summed E-state index contributed by atoms with van der Waals surface area (Å²) in [6.45, 7) is 0. The first-order chi connectivity index (χ1) is 16.8. The minimum atomic E-state index is -3.89. The monoisotopic (exact) mass is 530 g/mol. The van der Waals surface area contributed by atoms with Gasteiger partial charge >= 0.3 is 0 Å². The van der Waals surface area contributed by atoms with Crippen molar-refractivity contribution in [3.63, 3.8) is 0 Å². The molecule has 6 nitrogen and oxygen atoms in total. The summed E-state index contributed by atoms with van der Waals surface area (Å²) >= 11 is 13.1.